The van der Waals surface area contributed by atoms with E-state index in [4.69, 9.17) is 15.2 Å². The second kappa shape index (κ2) is 10.6. The number of anilines is 1. The number of hydrogen-bond donors (Lipinski definition) is 1. The summed E-state index contributed by atoms with van der Waals surface area (Å²) < 4.78 is 53.1. The SMILES string of the molecule is CC(C)(C)OC(=O)N1CCCC(Cc2nccc(-c3cccnc3Oc3cc(F)c(N)c(F)c3F)n2)C1. The molecule has 3 aromatic rings. The molecule has 1 unspecified atom stereocenters. The highest BCUT2D eigenvalue weighted by Crippen LogP contribution is 2.34. The second-order valence-electron chi connectivity index (χ2n) is 9.85. The Kier molecular flexibility index (Phi) is 7.51. The van der Waals surface area contributed by atoms with Gasteiger partial charge in [-0.1, -0.05) is 0 Å². The van der Waals surface area contributed by atoms with Crippen molar-refractivity contribution >= 4 is 11.8 Å². The third-order valence-corrected chi connectivity index (χ3v) is 5.76. The van der Waals surface area contributed by atoms with Gasteiger partial charge in [-0.2, -0.15) is 4.39 Å². The van der Waals surface area contributed by atoms with E-state index in [1.54, 1.807) is 29.3 Å². The maximum Gasteiger partial charge on any atom is 0.410 e. The van der Waals surface area contributed by atoms with Crippen molar-refractivity contribution in [3.63, 3.8) is 0 Å². The molecule has 3 heterocycles. The van der Waals surface area contributed by atoms with Crippen LogP contribution in [0.5, 0.6) is 11.6 Å². The van der Waals surface area contributed by atoms with E-state index < -0.39 is 34.5 Å². The fraction of sp³-hybridized carbons (Fsp3) is 0.385. The zero-order valence-corrected chi connectivity index (χ0v) is 20.8. The smallest absolute Gasteiger partial charge is 0.410 e. The number of rotatable bonds is 5. The van der Waals surface area contributed by atoms with Crippen LogP contribution in [-0.2, 0) is 11.2 Å². The van der Waals surface area contributed by atoms with Crippen molar-refractivity contribution in [2.75, 3.05) is 18.8 Å². The Morgan fingerprint density at radius 2 is 1.95 bits per heavy atom. The average Bonchev–Trinajstić information content (AvgIpc) is 2.85. The number of nitrogen functional groups attached to an aromatic ring is 1. The molecular formula is C26H28F3N5O3. The number of pyridine rings is 1. The highest BCUT2D eigenvalue weighted by molar-refractivity contribution is 5.68. The van der Waals surface area contributed by atoms with Crippen LogP contribution in [0.1, 0.15) is 39.4 Å². The molecule has 37 heavy (non-hydrogen) atoms. The molecule has 4 rings (SSSR count). The topological polar surface area (TPSA) is 103 Å². The number of amides is 1. The van der Waals surface area contributed by atoms with Gasteiger partial charge in [0.2, 0.25) is 11.7 Å². The van der Waals surface area contributed by atoms with Gasteiger partial charge in [0.25, 0.3) is 0 Å². The normalized spacial score (nSPS) is 15.9. The van der Waals surface area contributed by atoms with Gasteiger partial charge in [0.05, 0.1) is 11.3 Å². The summed E-state index contributed by atoms with van der Waals surface area (Å²) in [4.78, 5) is 27.3. The van der Waals surface area contributed by atoms with Crippen LogP contribution >= 0.6 is 0 Å². The van der Waals surface area contributed by atoms with E-state index in [2.05, 4.69) is 15.0 Å². The van der Waals surface area contributed by atoms with Crippen LogP contribution in [-0.4, -0.2) is 44.6 Å². The van der Waals surface area contributed by atoms with E-state index >= 15 is 0 Å². The van der Waals surface area contributed by atoms with Gasteiger partial charge in [-0.15, -0.1) is 0 Å². The largest absolute Gasteiger partial charge is 0.444 e. The van der Waals surface area contributed by atoms with Crippen LogP contribution < -0.4 is 10.5 Å². The molecule has 8 nitrogen and oxygen atoms in total. The van der Waals surface area contributed by atoms with Gasteiger partial charge in [-0.25, -0.2) is 28.5 Å². The molecule has 196 valence electrons. The quantitative estimate of drug-likeness (QED) is 0.352. The molecule has 2 aromatic heterocycles. The monoisotopic (exact) mass is 515 g/mol. The average molecular weight is 516 g/mol. The predicted octanol–water partition coefficient (Wildman–Crippen LogP) is 5.52. The van der Waals surface area contributed by atoms with Crippen molar-refractivity contribution in [3.05, 3.63) is 59.9 Å². The lowest BCUT2D eigenvalue weighted by Gasteiger charge is -2.34. The minimum absolute atomic E-state index is 0.0941. The van der Waals surface area contributed by atoms with Gasteiger partial charge in [0.15, 0.2) is 17.4 Å². The number of carbonyl (C=O) groups is 1. The molecular weight excluding hydrogens is 487 g/mol. The standard InChI is InChI=1S/C26H28F3N5O3/c1-26(2,3)37-25(35)34-11-5-6-15(14-34)12-20-31-10-8-18(33-20)16-7-4-9-32-24(16)36-19-13-17(27)23(30)22(29)21(19)28/h4,7-10,13,15H,5-6,11-12,14,30H2,1-3H3. The third kappa shape index (κ3) is 6.28. The van der Waals surface area contributed by atoms with E-state index in [0.29, 0.717) is 42.7 Å². The molecule has 1 amide bonds. The number of hydrogen-bond acceptors (Lipinski definition) is 7. The summed E-state index contributed by atoms with van der Waals surface area (Å²) in [5.41, 5.74) is 4.51. The Hall–Kier alpha value is -3.89. The number of aromatic nitrogens is 3. The molecule has 1 aromatic carbocycles. The van der Waals surface area contributed by atoms with Crippen LogP contribution in [0, 0.1) is 23.4 Å². The molecule has 1 saturated heterocycles. The van der Waals surface area contributed by atoms with E-state index in [1.165, 1.54) is 6.20 Å². The van der Waals surface area contributed by atoms with Gasteiger partial charge in [-0.3, -0.25) is 0 Å². The number of nitrogens with zero attached hydrogens (tertiary/aromatic N) is 4. The van der Waals surface area contributed by atoms with Crippen molar-refractivity contribution in [3.8, 4) is 22.9 Å². The van der Waals surface area contributed by atoms with Gasteiger partial charge in [0, 0.05) is 38.0 Å². The van der Waals surface area contributed by atoms with Crippen molar-refractivity contribution in [2.24, 2.45) is 5.92 Å². The summed E-state index contributed by atoms with van der Waals surface area (Å²) in [6.07, 6.45) is 4.90. The Morgan fingerprint density at radius 1 is 1.16 bits per heavy atom. The van der Waals surface area contributed by atoms with Crippen LogP contribution in [0.15, 0.2) is 36.7 Å². The maximum atomic E-state index is 14.3. The van der Waals surface area contributed by atoms with Crippen LogP contribution in [0.25, 0.3) is 11.3 Å². The lowest BCUT2D eigenvalue weighted by molar-refractivity contribution is 0.0165. The summed E-state index contributed by atoms with van der Waals surface area (Å²) in [6.45, 7) is 6.65. The molecule has 1 aliphatic heterocycles. The van der Waals surface area contributed by atoms with Crippen LogP contribution in [0.2, 0.25) is 0 Å². The fourth-order valence-corrected chi connectivity index (χ4v) is 4.06. The summed E-state index contributed by atoms with van der Waals surface area (Å²) in [5.74, 6) is -4.22. The van der Waals surface area contributed by atoms with Crippen molar-refractivity contribution < 1.29 is 27.4 Å². The van der Waals surface area contributed by atoms with Crippen molar-refractivity contribution in [1.29, 1.82) is 0 Å². The Bertz CT molecular complexity index is 1300. The van der Waals surface area contributed by atoms with Crippen LogP contribution in [0.3, 0.4) is 0 Å². The number of nitrogens with two attached hydrogens (primary N) is 1. The number of halogens is 3. The van der Waals surface area contributed by atoms with Crippen molar-refractivity contribution in [2.45, 2.75) is 45.6 Å². The zero-order chi connectivity index (χ0) is 26.7. The predicted molar refractivity (Wildman–Crippen MR) is 130 cm³/mol. The molecule has 11 heteroatoms. The van der Waals surface area contributed by atoms with E-state index in [-0.39, 0.29) is 17.9 Å². The van der Waals surface area contributed by atoms with Gasteiger partial charge < -0.3 is 20.1 Å². The maximum absolute atomic E-state index is 14.3. The van der Waals surface area contributed by atoms with Gasteiger partial charge in [-0.05, 0) is 57.7 Å². The first-order valence-electron chi connectivity index (χ1n) is 11.9. The van der Waals surface area contributed by atoms with E-state index in [1.807, 2.05) is 20.8 Å². The summed E-state index contributed by atoms with van der Waals surface area (Å²) in [7, 11) is 0. The molecule has 0 aliphatic carbocycles. The molecule has 1 aliphatic rings. The highest BCUT2D eigenvalue weighted by atomic mass is 19.2. The Morgan fingerprint density at radius 3 is 2.70 bits per heavy atom. The van der Waals surface area contributed by atoms with Gasteiger partial charge >= 0.3 is 6.09 Å². The fourth-order valence-electron chi connectivity index (χ4n) is 4.06. The molecule has 1 fully saturated rings. The Balaban J connectivity index is 1.53. The number of benzene rings is 1. The third-order valence-electron chi connectivity index (χ3n) is 5.76. The zero-order valence-electron chi connectivity index (χ0n) is 20.8. The van der Waals surface area contributed by atoms with E-state index in [0.717, 1.165) is 12.8 Å². The lowest BCUT2D eigenvalue weighted by atomic mass is 9.94. The highest BCUT2D eigenvalue weighted by Gasteiger charge is 2.28. The summed E-state index contributed by atoms with van der Waals surface area (Å²) >= 11 is 0. The number of piperidine rings is 1. The number of likely N-dealkylation sites (tertiary alicyclic amines) is 1. The molecule has 0 radical (unpaired) electrons. The molecule has 1 atom stereocenters. The first-order chi connectivity index (χ1) is 17.5. The number of ether oxygens (including phenoxy) is 2. The molecule has 0 bridgehead atoms. The van der Waals surface area contributed by atoms with Crippen LogP contribution in [0.4, 0.5) is 23.7 Å². The minimum atomic E-state index is -1.54. The molecule has 2 N–H and O–H groups in total. The lowest BCUT2D eigenvalue weighted by Crippen LogP contribution is -2.43. The minimum Gasteiger partial charge on any atom is -0.444 e. The van der Waals surface area contributed by atoms with E-state index in [9.17, 15) is 18.0 Å². The number of carbonyl (C=O) groups excluding carboxylic acids is 1. The molecule has 0 spiro atoms. The second-order valence-corrected chi connectivity index (χ2v) is 9.85. The van der Waals surface area contributed by atoms with Gasteiger partial charge in [0.1, 0.15) is 17.1 Å². The first kappa shape index (κ1) is 26.2. The summed E-state index contributed by atoms with van der Waals surface area (Å²) in [5, 5.41) is 0. The molecule has 0 saturated carbocycles. The summed E-state index contributed by atoms with van der Waals surface area (Å²) in [6, 6.07) is 5.56. The Labute approximate surface area is 212 Å². The van der Waals surface area contributed by atoms with Crippen molar-refractivity contribution in [1.82, 2.24) is 19.9 Å². The first-order valence-corrected chi connectivity index (χ1v) is 11.9.